The van der Waals surface area contributed by atoms with Gasteiger partial charge in [0.1, 0.15) is 0 Å². The van der Waals surface area contributed by atoms with Crippen LogP contribution in [-0.4, -0.2) is 41.6 Å². The van der Waals surface area contributed by atoms with E-state index in [2.05, 4.69) is 21.2 Å². The van der Waals surface area contributed by atoms with Crippen molar-refractivity contribution in [2.45, 2.75) is 23.8 Å². The molecular weight excluding hydrogens is 420 g/mol. The van der Waals surface area contributed by atoms with Crippen molar-refractivity contribution in [2.24, 2.45) is 0 Å². The molecule has 0 unspecified atom stereocenters. The molecule has 25 heavy (non-hydrogen) atoms. The summed E-state index contributed by atoms with van der Waals surface area (Å²) >= 11 is 6.49. The molecule has 1 N–H and O–H groups in total. The van der Waals surface area contributed by atoms with E-state index >= 15 is 0 Å². The maximum Gasteiger partial charge on any atom is 0.252 e. The van der Waals surface area contributed by atoms with E-state index < -0.39 is 0 Å². The van der Waals surface area contributed by atoms with Crippen LogP contribution in [-0.2, 0) is 4.79 Å². The number of carbonyl (C=O) groups excluding carboxylic acids is 2. The number of benzene rings is 1. The molecule has 2 heterocycles. The van der Waals surface area contributed by atoms with E-state index in [0.29, 0.717) is 18.8 Å². The number of halogens is 1. The van der Waals surface area contributed by atoms with Gasteiger partial charge in [-0.15, -0.1) is 11.8 Å². The highest BCUT2D eigenvalue weighted by Gasteiger charge is 2.24. The Morgan fingerprint density at radius 2 is 1.92 bits per heavy atom. The molecule has 1 aromatic carbocycles. The Morgan fingerprint density at radius 3 is 2.56 bits per heavy atom. The number of piperidine rings is 1. The van der Waals surface area contributed by atoms with Crippen molar-refractivity contribution in [1.82, 2.24) is 10.2 Å². The normalized spacial score (nSPS) is 15.2. The third-order valence-electron chi connectivity index (χ3n) is 4.14. The van der Waals surface area contributed by atoms with Gasteiger partial charge >= 0.3 is 0 Å². The molecule has 3 rings (SSSR count). The van der Waals surface area contributed by atoms with Gasteiger partial charge in [0.25, 0.3) is 5.91 Å². The highest BCUT2D eigenvalue weighted by molar-refractivity contribution is 9.10. The molecule has 0 bridgehead atoms. The Labute approximate surface area is 164 Å². The van der Waals surface area contributed by atoms with Gasteiger partial charge in [0, 0.05) is 39.4 Å². The molecular formula is C18H19BrN2O2S2. The zero-order chi connectivity index (χ0) is 17.6. The summed E-state index contributed by atoms with van der Waals surface area (Å²) in [6, 6.07) is 9.96. The second-order valence-electron chi connectivity index (χ2n) is 5.88. The van der Waals surface area contributed by atoms with Crippen molar-refractivity contribution in [3.63, 3.8) is 0 Å². The summed E-state index contributed by atoms with van der Waals surface area (Å²) in [6.45, 7) is 1.41. The summed E-state index contributed by atoms with van der Waals surface area (Å²) in [4.78, 5) is 27.4. The fraction of sp³-hybridized carbons (Fsp3) is 0.333. The first kappa shape index (κ1) is 18.5. The number of amides is 2. The van der Waals surface area contributed by atoms with Crippen LogP contribution in [0, 0.1) is 0 Å². The van der Waals surface area contributed by atoms with Crippen LogP contribution in [0.3, 0.4) is 0 Å². The Bertz CT molecular complexity index is 711. The average molecular weight is 439 g/mol. The third kappa shape index (κ3) is 5.33. The lowest BCUT2D eigenvalue weighted by Crippen LogP contribution is -2.47. The van der Waals surface area contributed by atoms with Crippen molar-refractivity contribution < 1.29 is 9.59 Å². The van der Waals surface area contributed by atoms with E-state index in [1.54, 1.807) is 11.8 Å². The zero-order valence-electron chi connectivity index (χ0n) is 13.6. The minimum absolute atomic E-state index is 0.0168. The van der Waals surface area contributed by atoms with Gasteiger partial charge in [0.15, 0.2) is 0 Å². The molecule has 1 aliphatic rings. The minimum Gasteiger partial charge on any atom is -0.349 e. The maximum absolute atomic E-state index is 12.4. The standard InChI is InChI=1S/C18H19BrN2O2S2/c19-14-1-3-16(4-2-14)25-12-17(22)21-8-5-15(6-9-21)20-18(23)13-7-10-24-11-13/h1-4,7,10-11,15H,5-6,8-9,12H2,(H,20,23). The molecule has 1 fully saturated rings. The summed E-state index contributed by atoms with van der Waals surface area (Å²) in [5, 5.41) is 6.82. The lowest BCUT2D eigenvalue weighted by Gasteiger charge is -2.32. The molecule has 0 atom stereocenters. The Morgan fingerprint density at radius 1 is 1.20 bits per heavy atom. The van der Waals surface area contributed by atoms with Gasteiger partial charge < -0.3 is 10.2 Å². The molecule has 4 nitrogen and oxygen atoms in total. The summed E-state index contributed by atoms with van der Waals surface area (Å²) in [5.74, 6) is 0.598. The van der Waals surface area contributed by atoms with Crippen LogP contribution < -0.4 is 5.32 Å². The van der Waals surface area contributed by atoms with Crippen molar-refractivity contribution >= 4 is 50.8 Å². The highest BCUT2D eigenvalue weighted by atomic mass is 79.9. The summed E-state index contributed by atoms with van der Waals surface area (Å²) < 4.78 is 1.04. The van der Waals surface area contributed by atoms with E-state index in [-0.39, 0.29) is 17.9 Å². The Balaban J connectivity index is 1.41. The van der Waals surface area contributed by atoms with Gasteiger partial charge in [-0.25, -0.2) is 0 Å². The number of carbonyl (C=O) groups is 2. The van der Waals surface area contributed by atoms with E-state index in [1.807, 2.05) is 46.0 Å². The largest absolute Gasteiger partial charge is 0.349 e. The molecule has 7 heteroatoms. The van der Waals surface area contributed by atoms with Crippen LogP contribution in [0.4, 0.5) is 0 Å². The highest BCUT2D eigenvalue weighted by Crippen LogP contribution is 2.22. The van der Waals surface area contributed by atoms with Gasteiger partial charge in [0.2, 0.25) is 5.91 Å². The zero-order valence-corrected chi connectivity index (χ0v) is 16.8. The summed E-state index contributed by atoms with van der Waals surface area (Å²) in [6.07, 6.45) is 1.62. The quantitative estimate of drug-likeness (QED) is 0.716. The van der Waals surface area contributed by atoms with E-state index in [0.717, 1.165) is 27.8 Å². The van der Waals surface area contributed by atoms with Crippen molar-refractivity contribution in [3.05, 3.63) is 51.1 Å². The van der Waals surface area contributed by atoms with Crippen LogP contribution in [0.15, 0.2) is 50.5 Å². The number of hydrogen-bond donors (Lipinski definition) is 1. The Hall–Kier alpha value is -1.31. The van der Waals surface area contributed by atoms with Gasteiger partial charge in [-0.1, -0.05) is 15.9 Å². The van der Waals surface area contributed by atoms with E-state index in [9.17, 15) is 9.59 Å². The molecule has 0 spiro atoms. The number of nitrogens with one attached hydrogen (secondary N) is 1. The molecule has 0 aliphatic carbocycles. The van der Waals surface area contributed by atoms with Gasteiger partial charge in [-0.05, 0) is 48.6 Å². The molecule has 2 aromatic rings. The van der Waals surface area contributed by atoms with Gasteiger partial charge in [-0.3, -0.25) is 9.59 Å². The number of likely N-dealkylation sites (tertiary alicyclic amines) is 1. The monoisotopic (exact) mass is 438 g/mol. The molecule has 2 amide bonds. The van der Waals surface area contributed by atoms with Gasteiger partial charge in [-0.2, -0.15) is 11.3 Å². The molecule has 1 saturated heterocycles. The second-order valence-corrected chi connectivity index (χ2v) is 8.63. The second kappa shape index (κ2) is 8.87. The predicted octanol–water partition coefficient (Wildman–Crippen LogP) is 4.02. The van der Waals surface area contributed by atoms with Crippen LogP contribution in [0.5, 0.6) is 0 Å². The van der Waals surface area contributed by atoms with Gasteiger partial charge in [0.05, 0.1) is 5.75 Å². The maximum atomic E-state index is 12.4. The third-order valence-corrected chi connectivity index (χ3v) is 6.35. The first-order valence-corrected chi connectivity index (χ1v) is 10.8. The van der Waals surface area contributed by atoms with Crippen molar-refractivity contribution in [3.8, 4) is 0 Å². The number of nitrogens with zero attached hydrogens (tertiary/aromatic N) is 1. The SMILES string of the molecule is O=C(NC1CCN(C(=O)CSc2ccc(Br)cc2)CC1)c1ccsc1. The number of thiophene rings is 1. The first-order chi connectivity index (χ1) is 12.1. The van der Waals surface area contributed by atoms with Crippen LogP contribution >= 0.6 is 39.0 Å². The molecule has 1 aliphatic heterocycles. The van der Waals surface area contributed by atoms with Crippen LogP contribution in [0.25, 0.3) is 0 Å². The molecule has 0 saturated carbocycles. The van der Waals surface area contributed by atoms with Crippen molar-refractivity contribution in [1.29, 1.82) is 0 Å². The van der Waals surface area contributed by atoms with E-state index in [4.69, 9.17) is 0 Å². The summed E-state index contributed by atoms with van der Waals surface area (Å²) in [7, 11) is 0. The predicted molar refractivity (Wildman–Crippen MR) is 106 cm³/mol. The molecule has 132 valence electrons. The van der Waals surface area contributed by atoms with E-state index in [1.165, 1.54) is 11.3 Å². The fourth-order valence-corrected chi connectivity index (χ4v) is 4.40. The fourth-order valence-electron chi connectivity index (χ4n) is 2.70. The lowest BCUT2D eigenvalue weighted by atomic mass is 10.0. The molecule has 1 aromatic heterocycles. The average Bonchev–Trinajstić information content (AvgIpc) is 3.16. The van der Waals surface area contributed by atoms with Crippen molar-refractivity contribution in [2.75, 3.05) is 18.8 Å². The topological polar surface area (TPSA) is 49.4 Å². The Kier molecular flexibility index (Phi) is 6.56. The minimum atomic E-state index is -0.0168. The number of hydrogen-bond acceptors (Lipinski definition) is 4. The summed E-state index contributed by atoms with van der Waals surface area (Å²) in [5.41, 5.74) is 0.717. The smallest absolute Gasteiger partial charge is 0.252 e. The number of rotatable bonds is 5. The lowest BCUT2D eigenvalue weighted by molar-refractivity contribution is -0.129. The first-order valence-electron chi connectivity index (χ1n) is 8.11. The van der Waals surface area contributed by atoms with Crippen LogP contribution in [0.2, 0.25) is 0 Å². The van der Waals surface area contributed by atoms with Crippen LogP contribution in [0.1, 0.15) is 23.2 Å². The number of thioether (sulfide) groups is 1. The molecule has 0 radical (unpaired) electrons.